The second-order valence-corrected chi connectivity index (χ2v) is 8.74. The van der Waals surface area contributed by atoms with Crippen LogP contribution in [0.5, 0.6) is 0 Å². The molecule has 0 radical (unpaired) electrons. The Morgan fingerprint density at radius 2 is 2.03 bits per heavy atom. The van der Waals surface area contributed by atoms with Crippen molar-refractivity contribution in [2.75, 3.05) is 11.9 Å². The van der Waals surface area contributed by atoms with Gasteiger partial charge in [0.25, 0.3) is 5.56 Å². The van der Waals surface area contributed by atoms with Crippen molar-refractivity contribution in [3.63, 3.8) is 0 Å². The van der Waals surface area contributed by atoms with Crippen molar-refractivity contribution in [1.82, 2.24) is 29.6 Å². The maximum Gasteiger partial charge on any atom is 0.278 e. The Morgan fingerprint density at radius 1 is 1.18 bits per heavy atom. The molecule has 33 heavy (non-hydrogen) atoms. The van der Waals surface area contributed by atoms with E-state index >= 15 is 0 Å². The van der Waals surface area contributed by atoms with E-state index in [0.717, 1.165) is 25.2 Å². The number of rotatable bonds is 5. The first-order valence-corrected chi connectivity index (χ1v) is 11.1. The molecule has 1 aromatic carbocycles. The van der Waals surface area contributed by atoms with Gasteiger partial charge in [0.2, 0.25) is 5.95 Å². The number of anilines is 2. The third kappa shape index (κ3) is 3.90. The number of hydrogen-bond donors (Lipinski definition) is 3. The van der Waals surface area contributed by atoms with Crippen LogP contribution in [0.25, 0.3) is 16.9 Å². The highest BCUT2D eigenvalue weighted by Crippen LogP contribution is 2.23. The zero-order chi connectivity index (χ0) is 23.2. The fraction of sp³-hybridized carbons (Fsp3) is 0.333. The highest BCUT2D eigenvalue weighted by atomic mass is 16.3. The second-order valence-electron chi connectivity index (χ2n) is 8.74. The van der Waals surface area contributed by atoms with Crippen LogP contribution in [0.1, 0.15) is 37.6 Å². The van der Waals surface area contributed by atoms with Crippen LogP contribution in [0.15, 0.2) is 47.4 Å². The van der Waals surface area contributed by atoms with E-state index in [1.54, 1.807) is 41.5 Å². The number of pyridine rings is 1. The summed E-state index contributed by atoms with van der Waals surface area (Å²) in [4.78, 5) is 26.7. The molecule has 0 atom stereocenters. The predicted octanol–water partition coefficient (Wildman–Crippen LogP) is 2.61. The Morgan fingerprint density at radius 3 is 2.82 bits per heavy atom. The number of fused-ring (bicyclic) bond motifs is 2. The van der Waals surface area contributed by atoms with Crippen molar-refractivity contribution in [3.05, 3.63) is 69.8 Å². The average molecular weight is 446 g/mol. The maximum atomic E-state index is 13.0. The van der Waals surface area contributed by atoms with Crippen LogP contribution in [0.2, 0.25) is 0 Å². The highest BCUT2D eigenvalue weighted by molar-refractivity contribution is 5.77. The van der Waals surface area contributed by atoms with Gasteiger partial charge in [-0.05, 0) is 69.1 Å². The Kier molecular flexibility index (Phi) is 5.22. The number of aliphatic hydroxyl groups is 1. The van der Waals surface area contributed by atoms with Crippen molar-refractivity contribution >= 4 is 22.7 Å². The van der Waals surface area contributed by atoms with Crippen LogP contribution in [-0.2, 0) is 25.1 Å². The molecule has 4 aromatic rings. The van der Waals surface area contributed by atoms with Crippen molar-refractivity contribution in [3.8, 4) is 5.82 Å². The number of nitrogens with zero attached hydrogens (tertiary/aromatic N) is 5. The van der Waals surface area contributed by atoms with Crippen LogP contribution in [0, 0.1) is 0 Å². The molecule has 3 N–H and O–H groups in total. The Bertz CT molecular complexity index is 1400. The fourth-order valence-corrected chi connectivity index (χ4v) is 4.18. The molecule has 4 heterocycles. The molecule has 1 aliphatic rings. The summed E-state index contributed by atoms with van der Waals surface area (Å²) in [6.45, 7) is 7.52. The topological polar surface area (TPSA) is 110 Å². The van der Waals surface area contributed by atoms with Gasteiger partial charge in [0.1, 0.15) is 11.0 Å². The van der Waals surface area contributed by atoms with Gasteiger partial charge >= 0.3 is 0 Å². The normalized spacial score (nSPS) is 13.8. The SMILES string of the molecule is CCn1c(=O)c2cnc(Nc3ccc4c(c3)CNCC4)nc2n1-c1cccc(C(C)(C)O)n1. The molecule has 0 amide bonds. The van der Waals surface area contributed by atoms with E-state index < -0.39 is 5.60 Å². The summed E-state index contributed by atoms with van der Waals surface area (Å²) in [6.07, 6.45) is 2.57. The van der Waals surface area contributed by atoms with Crippen molar-refractivity contribution in [2.24, 2.45) is 0 Å². The fourth-order valence-electron chi connectivity index (χ4n) is 4.18. The van der Waals surface area contributed by atoms with Crippen molar-refractivity contribution < 1.29 is 5.11 Å². The van der Waals surface area contributed by atoms with Gasteiger partial charge in [-0.25, -0.2) is 19.3 Å². The smallest absolute Gasteiger partial charge is 0.278 e. The van der Waals surface area contributed by atoms with Crippen LogP contribution < -0.4 is 16.2 Å². The molecule has 0 saturated carbocycles. The van der Waals surface area contributed by atoms with E-state index in [2.05, 4.69) is 37.7 Å². The third-order valence-corrected chi connectivity index (χ3v) is 5.90. The Balaban J connectivity index is 1.60. The van der Waals surface area contributed by atoms with Gasteiger partial charge in [-0.2, -0.15) is 4.98 Å². The van der Waals surface area contributed by atoms with E-state index in [0.29, 0.717) is 35.0 Å². The number of hydrogen-bond acceptors (Lipinski definition) is 7. The molecule has 3 aromatic heterocycles. The van der Waals surface area contributed by atoms with Gasteiger partial charge in [0, 0.05) is 25.0 Å². The highest BCUT2D eigenvalue weighted by Gasteiger charge is 2.21. The summed E-state index contributed by atoms with van der Waals surface area (Å²) in [6, 6.07) is 11.6. The monoisotopic (exact) mass is 445 g/mol. The lowest BCUT2D eigenvalue weighted by atomic mass is 10.0. The molecule has 9 nitrogen and oxygen atoms in total. The summed E-state index contributed by atoms with van der Waals surface area (Å²) in [7, 11) is 0. The molecule has 0 spiro atoms. The molecule has 0 fully saturated rings. The molecule has 0 saturated heterocycles. The summed E-state index contributed by atoms with van der Waals surface area (Å²) < 4.78 is 3.26. The minimum atomic E-state index is -1.11. The molecule has 9 heteroatoms. The second kappa shape index (κ2) is 8.09. The lowest BCUT2D eigenvalue weighted by Gasteiger charge is -2.18. The summed E-state index contributed by atoms with van der Waals surface area (Å²) >= 11 is 0. The van der Waals surface area contributed by atoms with Gasteiger partial charge in [-0.3, -0.25) is 4.79 Å². The van der Waals surface area contributed by atoms with E-state index in [9.17, 15) is 9.90 Å². The van der Waals surface area contributed by atoms with Crippen LogP contribution in [0.3, 0.4) is 0 Å². The zero-order valence-corrected chi connectivity index (χ0v) is 19.0. The van der Waals surface area contributed by atoms with Crippen molar-refractivity contribution in [1.29, 1.82) is 0 Å². The quantitative estimate of drug-likeness (QED) is 0.433. The molecule has 170 valence electrons. The number of benzene rings is 1. The first kappa shape index (κ1) is 21.3. The maximum absolute atomic E-state index is 13.0. The average Bonchev–Trinajstić information content (AvgIpc) is 3.09. The van der Waals surface area contributed by atoms with Gasteiger partial charge in [-0.15, -0.1) is 0 Å². The first-order chi connectivity index (χ1) is 15.8. The third-order valence-electron chi connectivity index (χ3n) is 5.90. The number of nitrogens with one attached hydrogen (secondary N) is 2. The number of aromatic nitrogens is 5. The first-order valence-electron chi connectivity index (χ1n) is 11.1. The molecule has 1 aliphatic heterocycles. The zero-order valence-electron chi connectivity index (χ0n) is 19.0. The molecular weight excluding hydrogens is 418 g/mol. The van der Waals surface area contributed by atoms with Crippen molar-refractivity contribution in [2.45, 2.75) is 45.9 Å². The van der Waals surface area contributed by atoms with Crippen LogP contribution in [-0.4, -0.2) is 36.0 Å². The molecule has 5 rings (SSSR count). The van der Waals surface area contributed by atoms with Gasteiger partial charge in [0.15, 0.2) is 11.5 Å². The Hall–Kier alpha value is -3.56. The van der Waals surface area contributed by atoms with E-state index in [4.69, 9.17) is 0 Å². The molecule has 0 bridgehead atoms. The predicted molar refractivity (Wildman–Crippen MR) is 127 cm³/mol. The summed E-state index contributed by atoms with van der Waals surface area (Å²) in [5.41, 5.74) is 3.17. The minimum Gasteiger partial charge on any atom is -0.384 e. The van der Waals surface area contributed by atoms with E-state index in [-0.39, 0.29) is 5.56 Å². The van der Waals surface area contributed by atoms with Crippen LogP contribution in [0.4, 0.5) is 11.6 Å². The molecule has 0 unspecified atom stereocenters. The van der Waals surface area contributed by atoms with Gasteiger partial charge in [0.05, 0.1) is 5.69 Å². The minimum absolute atomic E-state index is 0.186. The van der Waals surface area contributed by atoms with E-state index in [1.807, 2.05) is 19.1 Å². The summed E-state index contributed by atoms with van der Waals surface area (Å²) in [5.74, 6) is 0.903. The van der Waals surface area contributed by atoms with Crippen LogP contribution >= 0.6 is 0 Å². The van der Waals surface area contributed by atoms with Gasteiger partial charge in [-0.1, -0.05) is 12.1 Å². The van der Waals surface area contributed by atoms with E-state index in [1.165, 1.54) is 11.1 Å². The standard InChI is InChI=1S/C24H27N7O2/c1-4-30-22(32)18-14-26-23(27-17-9-8-15-10-11-25-13-16(15)12-17)29-21(18)31(30)20-7-5-6-19(28-20)24(2,3)33/h5-9,12,14,25,33H,4,10-11,13H2,1-3H3,(H,26,27,29). The lowest BCUT2D eigenvalue weighted by molar-refractivity contribution is 0.0738. The summed E-state index contributed by atoms with van der Waals surface area (Å²) in [5, 5.41) is 17.5. The molecular formula is C24H27N7O2. The largest absolute Gasteiger partial charge is 0.384 e. The van der Waals surface area contributed by atoms with Gasteiger partial charge < -0.3 is 15.7 Å². The molecule has 0 aliphatic carbocycles. The Labute approximate surface area is 191 Å². The lowest BCUT2D eigenvalue weighted by Crippen LogP contribution is -2.23.